The van der Waals surface area contributed by atoms with E-state index in [1.54, 1.807) is 0 Å². The van der Waals surface area contributed by atoms with Crippen molar-refractivity contribution in [2.75, 3.05) is 25.0 Å². The second-order valence-electron chi connectivity index (χ2n) is 5.36. The fourth-order valence-corrected chi connectivity index (χ4v) is 2.61. The van der Waals surface area contributed by atoms with Crippen LogP contribution in [0.25, 0.3) is 0 Å². The molecule has 0 spiro atoms. The minimum absolute atomic E-state index is 0.173. The molecule has 1 aliphatic heterocycles. The van der Waals surface area contributed by atoms with Crippen LogP contribution in [0.5, 0.6) is 0 Å². The molecule has 22 heavy (non-hydrogen) atoms. The number of nitro groups is 1. The third-order valence-corrected chi connectivity index (χ3v) is 3.76. The number of benzene rings is 1. The monoisotopic (exact) mass is 309 g/mol. The third-order valence-electron chi connectivity index (χ3n) is 3.76. The van der Waals surface area contributed by atoms with Crippen molar-refractivity contribution in [1.29, 1.82) is 0 Å². The van der Waals surface area contributed by atoms with Crippen LogP contribution in [0, 0.1) is 15.9 Å². The zero-order chi connectivity index (χ0) is 15.9. The number of carbonyl (C=O) groups excluding carboxylic acids is 1. The highest BCUT2D eigenvalue weighted by molar-refractivity contribution is 5.76. The first-order valence-corrected chi connectivity index (χ1v) is 7.54. The fourth-order valence-electron chi connectivity index (χ4n) is 2.61. The summed E-state index contributed by atoms with van der Waals surface area (Å²) in [5.41, 5.74) is -0.361. The van der Waals surface area contributed by atoms with Gasteiger partial charge in [-0.05, 0) is 31.4 Å². The van der Waals surface area contributed by atoms with Crippen LogP contribution < -0.4 is 5.32 Å². The number of hydrogen-bond donors (Lipinski definition) is 1. The van der Waals surface area contributed by atoms with E-state index in [2.05, 4.69) is 5.32 Å². The molecule has 1 aromatic rings. The van der Waals surface area contributed by atoms with Crippen molar-refractivity contribution in [3.8, 4) is 0 Å². The molecule has 6 nitrogen and oxygen atoms in total. The Morgan fingerprint density at radius 1 is 1.32 bits per heavy atom. The first kappa shape index (κ1) is 16.2. The molecule has 120 valence electrons. The van der Waals surface area contributed by atoms with Crippen LogP contribution in [0.3, 0.4) is 0 Å². The number of nitro benzene ring substituents is 1. The Bertz CT molecular complexity index is 551. The molecular formula is C15H20FN3O3. The lowest BCUT2D eigenvalue weighted by Gasteiger charge is -2.20. The summed E-state index contributed by atoms with van der Waals surface area (Å²) in [5.74, 6) is -0.674. The van der Waals surface area contributed by atoms with Gasteiger partial charge in [0, 0.05) is 26.1 Å². The molecule has 1 aliphatic rings. The Morgan fingerprint density at radius 2 is 2.14 bits per heavy atom. The van der Waals surface area contributed by atoms with Gasteiger partial charge in [0.2, 0.25) is 11.7 Å². The predicted octanol–water partition coefficient (Wildman–Crippen LogP) is 2.94. The molecular weight excluding hydrogens is 289 g/mol. The molecule has 0 radical (unpaired) electrons. The number of hydrogen-bond acceptors (Lipinski definition) is 4. The van der Waals surface area contributed by atoms with E-state index in [1.165, 1.54) is 12.1 Å². The molecule has 1 saturated heterocycles. The molecule has 0 aromatic heterocycles. The maximum Gasteiger partial charge on any atom is 0.327 e. The second kappa shape index (κ2) is 7.72. The molecule has 0 atom stereocenters. The topological polar surface area (TPSA) is 75.5 Å². The zero-order valence-corrected chi connectivity index (χ0v) is 12.4. The molecule has 1 fully saturated rings. The summed E-state index contributed by atoms with van der Waals surface area (Å²) in [6.45, 7) is 1.85. The maximum absolute atomic E-state index is 13.5. The van der Waals surface area contributed by atoms with E-state index in [0.29, 0.717) is 25.9 Å². The van der Waals surface area contributed by atoms with Crippen molar-refractivity contribution < 1.29 is 14.1 Å². The van der Waals surface area contributed by atoms with Crippen LogP contribution in [0.2, 0.25) is 0 Å². The average molecular weight is 309 g/mol. The summed E-state index contributed by atoms with van der Waals surface area (Å²) in [6.07, 6.45) is 4.32. The molecule has 2 rings (SSSR count). The number of anilines is 1. The minimum atomic E-state index is -0.849. The number of rotatable bonds is 6. The number of nitrogens with one attached hydrogen (secondary N) is 1. The van der Waals surface area contributed by atoms with Crippen LogP contribution in [0.4, 0.5) is 15.8 Å². The zero-order valence-electron chi connectivity index (χ0n) is 12.4. The average Bonchev–Trinajstić information content (AvgIpc) is 2.68. The van der Waals surface area contributed by atoms with Crippen LogP contribution >= 0.6 is 0 Å². The van der Waals surface area contributed by atoms with Crippen molar-refractivity contribution in [3.05, 3.63) is 34.1 Å². The van der Waals surface area contributed by atoms with Crippen molar-refractivity contribution in [2.45, 2.75) is 32.1 Å². The van der Waals surface area contributed by atoms with Gasteiger partial charge in [0.1, 0.15) is 5.69 Å². The van der Waals surface area contributed by atoms with Gasteiger partial charge in [0.15, 0.2) is 0 Å². The Hall–Kier alpha value is -2.18. The third kappa shape index (κ3) is 4.16. The van der Waals surface area contributed by atoms with Gasteiger partial charge in [0.05, 0.1) is 4.92 Å². The van der Waals surface area contributed by atoms with Gasteiger partial charge in [-0.1, -0.05) is 12.5 Å². The quantitative estimate of drug-likeness (QED) is 0.498. The molecule has 7 heteroatoms. The number of amides is 1. The van der Waals surface area contributed by atoms with Gasteiger partial charge >= 0.3 is 5.69 Å². The highest BCUT2D eigenvalue weighted by Gasteiger charge is 2.20. The Labute approximate surface area is 128 Å². The van der Waals surface area contributed by atoms with Crippen molar-refractivity contribution in [1.82, 2.24) is 4.90 Å². The van der Waals surface area contributed by atoms with E-state index in [0.717, 1.165) is 31.9 Å². The lowest BCUT2D eigenvalue weighted by molar-refractivity contribution is -0.386. The van der Waals surface area contributed by atoms with Crippen LogP contribution in [0.1, 0.15) is 32.1 Å². The molecule has 0 aliphatic carbocycles. The number of nitrogens with zero attached hydrogens (tertiary/aromatic N) is 2. The summed E-state index contributed by atoms with van der Waals surface area (Å²) in [6, 6.07) is 3.99. The molecule has 0 saturated carbocycles. The number of para-hydroxylation sites is 1. The SMILES string of the molecule is O=C1CCCCCN1CCCNc1cccc(F)c1[N+](=O)[O-]. The number of carbonyl (C=O) groups is 1. The number of likely N-dealkylation sites (tertiary alicyclic amines) is 1. The van der Waals surface area contributed by atoms with E-state index < -0.39 is 16.4 Å². The maximum atomic E-state index is 13.5. The summed E-state index contributed by atoms with van der Waals surface area (Å²) >= 11 is 0. The summed E-state index contributed by atoms with van der Waals surface area (Å²) in [4.78, 5) is 23.8. The van der Waals surface area contributed by atoms with Crippen molar-refractivity contribution in [3.63, 3.8) is 0 Å². The summed E-state index contributed by atoms with van der Waals surface area (Å²) in [7, 11) is 0. The molecule has 1 amide bonds. The smallest absolute Gasteiger partial charge is 0.327 e. The Balaban J connectivity index is 1.85. The van der Waals surface area contributed by atoms with Gasteiger partial charge in [-0.25, -0.2) is 0 Å². The van der Waals surface area contributed by atoms with Crippen LogP contribution in [-0.4, -0.2) is 35.4 Å². The van der Waals surface area contributed by atoms with Crippen LogP contribution in [0.15, 0.2) is 18.2 Å². The Morgan fingerprint density at radius 3 is 2.91 bits per heavy atom. The first-order valence-electron chi connectivity index (χ1n) is 7.54. The van der Waals surface area contributed by atoms with Gasteiger partial charge in [-0.2, -0.15) is 4.39 Å². The first-order chi connectivity index (χ1) is 10.6. The van der Waals surface area contributed by atoms with E-state index >= 15 is 0 Å². The van der Waals surface area contributed by atoms with Crippen LogP contribution in [-0.2, 0) is 4.79 Å². The standard InChI is InChI=1S/C15H20FN3O3/c16-12-6-4-7-13(15(12)19(21)22)17-9-5-11-18-10-3-1-2-8-14(18)20/h4,6-7,17H,1-3,5,8-11H2. The lowest BCUT2D eigenvalue weighted by atomic mass is 10.2. The van der Waals surface area contributed by atoms with Gasteiger partial charge in [-0.3, -0.25) is 14.9 Å². The molecule has 1 heterocycles. The van der Waals surface area contributed by atoms with Gasteiger partial charge < -0.3 is 10.2 Å². The van der Waals surface area contributed by atoms with Gasteiger partial charge in [0.25, 0.3) is 0 Å². The van der Waals surface area contributed by atoms with E-state index in [-0.39, 0.29) is 11.6 Å². The normalized spacial score (nSPS) is 15.5. The summed E-state index contributed by atoms with van der Waals surface area (Å²) in [5, 5.41) is 13.8. The highest BCUT2D eigenvalue weighted by atomic mass is 19.1. The summed E-state index contributed by atoms with van der Waals surface area (Å²) < 4.78 is 13.5. The van der Waals surface area contributed by atoms with Gasteiger partial charge in [-0.15, -0.1) is 0 Å². The van der Waals surface area contributed by atoms with Crippen molar-refractivity contribution in [2.24, 2.45) is 0 Å². The van der Waals surface area contributed by atoms with E-state index in [9.17, 15) is 19.3 Å². The highest BCUT2D eigenvalue weighted by Crippen LogP contribution is 2.27. The van der Waals surface area contributed by atoms with E-state index in [4.69, 9.17) is 0 Å². The predicted molar refractivity (Wildman–Crippen MR) is 81.2 cm³/mol. The fraction of sp³-hybridized carbons (Fsp3) is 0.533. The number of halogens is 1. The minimum Gasteiger partial charge on any atom is -0.379 e. The van der Waals surface area contributed by atoms with Crippen molar-refractivity contribution >= 4 is 17.3 Å². The largest absolute Gasteiger partial charge is 0.379 e. The Kier molecular flexibility index (Phi) is 5.68. The second-order valence-corrected chi connectivity index (χ2v) is 5.36. The molecule has 0 unspecified atom stereocenters. The van der Waals surface area contributed by atoms with E-state index in [1.807, 2.05) is 4.90 Å². The molecule has 0 bridgehead atoms. The molecule has 1 N–H and O–H groups in total. The molecule has 1 aromatic carbocycles. The lowest BCUT2D eigenvalue weighted by Crippen LogP contribution is -2.32.